The molecule has 1 aliphatic heterocycles. The van der Waals surface area contributed by atoms with Gasteiger partial charge in [0, 0.05) is 24.8 Å². The molecule has 1 unspecified atom stereocenters. The number of benzene rings is 1. The fraction of sp³-hybridized carbons (Fsp3) is 0.588. The molecule has 21 heavy (non-hydrogen) atoms. The lowest BCUT2D eigenvalue weighted by Gasteiger charge is -2.34. The average Bonchev–Trinajstić information content (AvgIpc) is 3.33. The molecule has 4 heteroatoms. The molecule has 3 rings (SSSR count). The highest BCUT2D eigenvalue weighted by Gasteiger charge is 2.23. The van der Waals surface area contributed by atoms with Gasteiger partial charge in [0.25, 0.3) is 0 Å². The third-order valence-electron chi connectivity index (χ3n) is 4.32. The molecular formula is C17H25N3O. The first-order valence-corrected chi connectivity index (χ1v) is 8.11. The molecule has 2 N–H and O–H groups in total. The summed E-state index contributed by atoms with van der Waals surface area (Å²) in [6.45, 7) is 3.45. The standard InChI is InChI=1S/C17H25N3O/c21-17(12-18-11-14-8-9-14)19-15-5-4-10-20(13-15)16-6-2-1-3-7-16/h1-3,6-7,14-15,18H,4-5,8-13H2,(H,19,21). The van der Waals surface area contributed by atoms with Gasteiger partial charge in [-0.25, -0.2) is 0 Å². The van der Waals surface area contributed by atoms with Gasteiger partial charge in [-0.1, -0.05) is 18.2 Å². The summed E-state index contributed by atoms with van der Waals surface area (Å²) in [6.07, 6.45) is 4.86. The number of amides is 1. The SMILES string of the molecule is O=C(CNCC1CC1)NC1CCCN(c2ccccc2)C1. The highest BCUT2D eigenvalue weighted by Crippen LogP contribution is 2.27. The van der Waals surface area contributed by atoms with E-state index in [4.69, 9.17) is 0 Å². The van der Waals surface area contributed by atoms with E-state index in [1.165, 1.54) is 18.5 Å². The fourth-order valence-electron chi connectivity index (χ4n) is 2.96. The summed E-state index contributed by atoms with van der Waals surface area (Å²) in [6, 6.07) is 10.7. The molecule has 1 saturated carbocycles. The molecule has 1 aliphatic carbocycles. The third-order valence-corrected chi connectivity index (χ3v) is 4.32. The first kappa shape index (κ1) is 14.4. The number of carbonyl (C=O) groups is 1. The van der Waals surface area contributed by atoms with Crippen LogP contribution in [0.25, 0.3) is 0 Å². The van der Waals surface area contributed by atoms with Crippen LogP contribution in [0, 0.1) is 5.92 Å². The minimum atomic E-state index is 0.135. The molecule has 2 aliphatic rings. The number of para-hydroxylation sites is 1. The van der Waals surface area contributed by atoms with Crippen molar-refractivity contribution in [3.63, 3.8) is 0 Å². The lowest BCUT2D eigenvalue weighted by atomic mass is 10.0. The van der Waals surface area contributed by atoms with Crippen LogP contribution in [0.3, 0.4) is 0 Å². The summed E-state index contributed by atoms with van der Waals surface area (Å²) in [5, 5.41) is 6.42. The maximum Gasteiger partial charge on any atom is 0.234 e. The lowest BCUT2D eigenvalue weighted by Crippen LogP contribution is -2.49. The zero-order valence-electron chi connectivity index (χ0n) is 12.6. The van der Waals surface area contributed by atoms with Crippen LogP contribution in [-0.2, 0) is 4.79 Å². The molecule has 114 valence electrons. The molecule has 1 heterocycles. The molecule has 4 nitrogen and oxygen atoms in total. The van der Waals surface area contributed by atoms with Crippen LogP contribution < -0.4 is 15.5 Å². The van der Waals surface area contributed by atoms with Gasteiger partial charge in [0.05, 0.1) is 6.54 Å². The third kappa shape index (κ3) is 4.46. The Morgan fingerprint density at radius 2 is 2.00 bits per heavy atom. The van der Waals surface area contributed by atoms with Gasteiger partial charge in [0.15, 0.2) is 0 Å². The molecule has 0 aromatic heterocycles. The van der Waals surface area contributed by atoms with Crippen LogP contribution in [0.2, 0.25) is 0 Å². The summed E-state index contributed by atoms with van der Waals surface area (Å²) >= 11 is 0. The number of hydrogen-bond acceptors (Lipinski definition) is 3. The Kier molecular flexibility index (Phi) is 4.76. The molecule has 1 atom stereocenters. The summed E-state index contributed by atoms with van der Waals surface area (Å²) in [5.74, 6) is 0.955. The van der Waals surface area contributed by atoms with Gasteiger partial charge in [-0.3, -0.25) is 4.79 Å². The normalized spacial score (nSPS) is 22.1. The minimum Gasteiger partial charge on any atom is -0.369 e. The summed E-state index contributed by atoms with van der Waals surface area (Å²) in [5.41, 5.74) is 1.25. The van der Waals surface area contributed by atoms with E-state index in [-0.39, 0.29) is 11.9 Å². The number of anilines is 1. The van der Waals surface area contributed by atoms with Crippen molar-refractivity contribution >= 4 is 11.6 Å². The number of rotatable bonds is 6. The fourth-order valence-corrected chi connectivity index (χ4v) is 2.96. The van der Waals surface area contributed by atoms with Crippen LogP contribution >= 0.6 is 0 Å². The molecular weight excluding hydrogens is 262 g/mol. The van der Waals surface area contributed by atoms with E-state index in [0.29, 0.717) is 6.54 Å². The van der Waals surface area contributed by atoms with E-state index < -0.39 is 0 Å². The Balaban J connectivity index is 1.43. The van der Waals surface area contributed by atoms with Gasteiger partial charge in [0.1, 0.15) is 0 Å². The highest BCUT2D eigenvalue weighted by atomic mass is 16.2. The van der Waals surface area contributed by atoms with Crippen molar-refractivity contribution in [3.05, 3.63) is 30.3 Å². The Morgan fingerprint density at radius 1 is 1.19 bits per heavy atom. The van der Waals surface area contributed by atoms with E-state index in [1.807, 2.05) is 6.07 Å². The van der Waals surface area contributed by atoms with E-state index in [0.717, 1.165) is 38.4 Å². The van der Waals surface area contributed by atoms with Crippen LogP contribution in [0.5, 0.6) is 0 Å². The van der Waals surface area contributed by atoms with Crippen LogP contribution in [-0.4, -0.2) is 38.1 Å². The lowest BCUT2D eigenvalue weighted by molar-refractivity contribution is -0.121. The first-order chi connectivity index (χ1) is 10.3. The van der Waals surface area contributed by atoms with Crippen molar-refractivity contribution in [2.24, 2.45) is 5.92 Å². The molecule has 1 saturated heterocycles. The Morgan fingerprint density at radius 3 is 2.76 bits per heavy atom. The minimum absolute atomic E-state index is 0.135. The smallest absolute Gasteiger partial charge is 0.234 e. The number of nitrogens with zero attached hydrogens (tertiary/aromatic N) is 1. The largest absolute Gasteiger partial charge is 0.369 e. The van der Waals surface area contributed by atoms with Gasteiger partial charge in [-0.15, -0.1) is 0 Å². The molecule has 0 spiro atoms. The van der Waals surface area contributed by atoms with E-state index >= 15 is 0 Å². The van der Waals surface area contributed by atoms with E-state index in [9.17, 15) is 4.79 Å². The van der Waals surface area contributed by atoms with Crippen LogP contribution in [0.15, 0.2) is 30.3 Å². The zero-order valence-corrected chi connectivity index (χ0v) is 12.6. The van der Waals surface area contributed by atoms with E-state index in [2.05, 4.69) is 39.8 Å². The van der Waals surface area contributed by atoms with Gasteiger partial charge >= 0.3 is 0 Å². The predicted molar refractivity (Wildman–Crippen MR) is 85.4 cm³/mol. The van der Waals surface area contributed by atoms with Gasteiger partial charge in [0.2, 0.25) is 5.91 Å². The van der Waals surface area contributed by atoms with Gasteiger partial charge in [-0.05, 0) is 50.3 Å². The highest BCUT2D eigenvalue weighted by molar-refractivity contribution is 5.78. The summed E-state index contributed by atoms with van der Waals surface area (Å²) in [4.78, 5) is 14.3. The molecule has 2 fully saturated rings. The molecule has 0 radical (unpaired) electrons. The quantitative estimate of drug-likeness (QED) is 0.838. The predicted octanol–water partition coefficient (Wildman–Crippen LogP) is 1.77. The Labute approximate surface area is 126 Å². The Bertz CT molecular complexity index is 458. The molecule has 1 amide bonds. The second kappa shape index (κ2) is 6.94. The monoisotopic (exact) mass is 287 g/mol. The van der Waals surface area contributed by atoms with Crippen molar-refractivity contribution < 1.29 is 4.79 Å². The molecule has 1 aromatic rings. The summed E-state index contributed by atoms with van der Waals surface area (Å²) < 4.78 is 0. The number of carbonyl (C=O) groups excluding carboxylic acids is 1. The van der Waals surface area contributed by atoms with Crippen molar-refractivity contribution in [2.75, 3.05) is 31.1 Å². The van der Waals surface area contributed by atoms with Crippen molar-refractivity contribution in [2.45, 2.75) is 31.7 Å². The maximum atomic E-state index is 12.0. The van der Waals surface area contributed by atoms with Gasteiger partial charge < -0.3 is 15.5 Å². The van der Waals surface area contributed by atoms with Crippen molar-refractivity contribution in [3.8, 4) is 0 Å². The topological polar surface area (TPSA) is 44.4 Å². The zero-order chi connectivity index (χ0) is 14.5. The number of piperidine rings is 1. The number of hydrogen-bond donors (Lipinski definition) is 2. The van der Waals surface area contributed by atoms with Crippen LogP contribution in [0.1, 0.15) is 25.7 Å². The average molecular weight is 287 g/mol. The van der Waals surface area contributed by atoms with Gasteiger partial charge in [-0.2, -0.15) is 0 Å². The molecule has 0 bridgehead atoms. The van der Waals surface area contributed by atoms with Crippen molar-refractivity contribution in [1.82, 2.24) is 10.6 Å². The van der Waals surface area contributed by atoms with E-state index in [1.54, 1.807) is 0 Å². The molecule has 1 aromatic carbocycles. The second-order valence-corrected chi connectivity index (χ2v) is 6.26. The Hall–Kier alpha value is -1.55. The van der Waals surface area contributed by atoms with Crippen LogP contribution in [0.4, 0.5) is 5.69 Å². The number of nitrogens with one attached hydrogen (secondary N) is 2. The maximum absolute atomic E-state index is 12.0. The first-order valence-electron chi connectivity index (χ1n) is 8.11. The van der Waals surface area contributed by atoms with Crippen molar-refractivity contribution in [1.29, 1.82) is 0 Å². The summed E-state index contributed by atoms with van der Waals surface area (Å²) in [7, 11) is 0. The second-order valence-electron chi connectivity index (χ2n) is 6.26.